The molecule has 0 radical (unpaired) electrons. The maximum atomic E-state index is 13.0. The Labute approximate surface area is 146 Å². The van der Waals surface area contributed by atoms with Crippen LogP contribution in [0.2, 0.25) is 10.0 Å². The fourth-order valence-electron chi connectivity index (χ4n) is 1.85. The van der Waals surface area contributed by atoms with Gasteiger partial charge in [0.2, 0.25) is 5.95 Å². The van der Waals surface area contributed by atoms with E-state index in [9.17, 15) is 18.4 Å². The Balaban J connectivity index is 2.37. The molecule has 0 unspecified atom stereocenters. The number of rotatable bonds is 5. The molecule has 0 saturated heterocycles. The number of benzene rings is 1. The summed E-state index contributed by atoms with van der Waals surface area (Å²) in [6.07, 6.45) is -3.64. The molecule has 0 bridgehead atoms. The van der Waals surface area contributed by atoms with Crippen LogP contribution >= 0.6 is 23.2 Å². The van der Waals surface area contributed by atoms with E-state index in [0.29, 0.717) is 28.4 Å². The molecule has 10 heteroatoms. The average Bonchev–Trinajstić information content (AvgIpc) is 2.50. The predicted molar refractivity (Wildman–Crippen MR) is 86.2 cm³/mol. The number of hydrogen-bond donors (Lipinski definition) is 2. The van der Waals surface area contributed by atoms with Crippen molar-refractivity contribution < 1.29 is 18.4 Å². The molecule has 1 heterocycles. The largest absolute Gasteiger partial charge is 0.421 e. The van der Waals surface area contributed by atoms with Gasteiger partial charge in [-0.05, 0) is 24.6 Å². The first-order valence-corrected chi connectivity index (χ1v) is 7.60. The van der Waals surface area contributed by atoms with Gasteiger partial charge in [0.1, 0.15) is 5.56 Å². The van der Waals surface area contributed by atoms with Crippen molar-refractivity contribution in [2.24, 2.45) is 0 Å². The molecule has 0 saturated carbocycles. The van der Waals surface area contributed by atoms with Gasteiger partial charge in [0, 0.05) is 18.4 Å². The molecule has 0 aliphatic rings. The van der Waals surface area contributed by atoms with Crippen LogP contribution in [0.3, 0.4) is 0 Å². The molecule has 0 aliphatic carbocycles. The minimum atomic E-state index is -4.69. The summed E-state index contributed by atoms with van der Waals surface area (Å²) >= 11 is 11.7. The van der Waals surface area contributed by atoms with Crippen LogP contribution in [-0.2, 0) is 6.18 Å². The van der Waals surface area contributed by atoms with E-state index in [4.69, 9.17) is 23.2 Å². The van der Waals surface area contributed by atoms with Gasteiger partial charge in [-0.25, -0.2) is 10.0 Å². The molecule has 0 spiro atoms. The molecule has 2 N–H and O–H groups in total. The molecule has 1 aromatic heterocycles. The maximum absolute atomic E-state index is 13.0. The lowest BCUT2D eigenvalue weighted by molar-refractivity contribution is -0.137. The Bertz CT molecular complexity index is 728. The minimum Gasteiger partial charge on any atom is -0.324 e. The summed E-state index contributed by atoms with van der Waals surface area (Å²) in [5.74, 6) is -0.742. The first kappa shape index (κ1) is 18.6. The quantitative estimate of drug-likeness (QED) is 0.702. The first-order chi connectivity index (χ1) is 11.2. The molecular weight excluding hydrogens is 368 g/mol. The number of aromatic nitrogens is 2. The van der Waals surface area contributed by atoms with Crippen LogP contribution in [0.4, 0.5) is 30.6 Å². The van der Waals surface area contributed by atoms with E-state index in [1.807, 2.05) is 0 Å². The van der Waals surface area contributed by atoms with Crippen LogP contribution in [0.1, 0.15) is 18.9 Å². The highest BCUT2D eigenvalue weighted by Crippen LogP contribution is 2.35. The van der Waals surface area contributed by atoms with Gasteiger partial charge in [0.15, 0.2) is 5.82 Å². The minimum absolute atomic E-state index is 0.00763. The topological polar surface area (TPSA) is 61.3 Å². The second-order valence-electron chi connectivity index (χ2n) is 4.81. The number of hydrogen-bond acceptors (Lipinski definition) is 5. The highest BCUT2D eigenvalue weighted by atomic mass is 35.5. The van der Waals surface area contributed by atoms with Gasteiger partial charge < -0.3 is 5.32 Å². The van der Waals surface area contributed by atoms with Crippen molar-refractivity contribution in [1.29, 1.82) is 0 Å². The van der Waals surface area contributed by atoms with E-state index in [1.165, 1.54) is 12.1 Å². The number of hydroxylamine groups is 1. The van der Waals surface area contributed by atoms with Crippen molar-refractivity contribution in [3.8, 4) is 0 Å². The molecule has 5 nitrogen and oxygen atoms in total. The predicted octanol–water partition coefficient (Wildman–Crippen LogP) is 5.15. The smallest absolute Gasteiger partial charge is 0.324 e. The maximum Gasteiger partial charge on any atom is 0.421 e. The molecule has 1 aromatic carbocycles. The summed E-state index contributed by atoms with van der Waals surface area (Å²) < 4.78 is 39.1. The van der Waals surface area contributed by atoms with Crippen molar-refractivity contribution in [3.63, 3.8) is 0 Å². The van der Waals surface area contributed by atoms with Crippen LogP contribution in [0.5, 0.6) is 0 Å². The van der Waals surface area contributed by atoms with E-state index in [0.717, 1.165) is 0 Å². The van der Waals surface area contributed by atoms with Gasteiger partial charge in [0.05, 0.1) is 10.0 Å². The molecular formula is C14H13Cl2F3N4O. The zero-order valence-electron chi connectivity index (χ0n) is 12.4. The third-order valence-corrected chi connectivity index (χ3v) is 3.67. The Kier molecular flexibility index (Phi) is 5.74. The van der Waals surface area contributed by atoms with E-state index in [2.05, 4.69) is 15.3 Å². The first-order valence-electron chi connectivity index (χ1n) is 6.85. The molecule has 0 aliphatic heterocycles. The Morgan fingerprint density at radius 1 is 1.25 bits per heavy atom. The van der Waals surface area contributed by atoms with Crippen molar-refractivity contribution in [3.05, 3.63) is 40.0 Å². The van der Waals surface area contributed by atoms with Gasteiger partial charge in [0.25, 0.3) is 0 Å². The zero-order valence-corrected chi connectivity index (χ0v) is 13.9. The molecule has 24 heavy (non-hydrogen) atoms. The lowest BCUT2D eigenvalue weighted by atomic mass is 10.3. The summed E-state index contributed by atoms with van der Waals surface area (Å²) in [5, 5.41) is 13.6. The summed E-state index contributed by atoms with van der Waals surface area (Å²) in [4.78, 5) is 7.40. The lowest BCUT2D eigenvalue weighted by Gasteiger charge is -2.20. The second-order valence-corrected chi connectivity index (χ2v) is 5.62. The lowest BCUT2D eigenvalue weighted by Crippen LogP contribution is -2.25. The third kappa shape index (κ3) is 4.40. The number of halogens is 5. The molecule has 0 fully saturated rings. The van der Waals surface area contributed by atoms with Crippen molar-refractivity contribution in [1.82, 2.24) is 9.97 Å². The van der Waals surface area contributed by atoms with Gasteiger partial charge >= 0.3 is 6.18 Å². The number of nitrogens with one attached hydrogen (secondary N) is 1. The van der Waals surface area contributed by atoms with Crippen LogP contribution < -0.4 is 10.4 Å². The number of alkyl halides is 3. The van der Waals surface area contributed by atoms with Crippen molar-refractivity contribution in [2.45, 2.75) is 19.5 Å². The highest BCUT2D eigenvalue weighted by molar-refractivity contribution is 6.42. The second kappa shape index (κ2) is 7.42. The molecule has 2 rings (SSSR count). The van der Waals surface area contributed by atoms with E-state index < -0.39 is 17.6 Å². The monoisotopic (exact) mass is 380 g/mol. The molecule has 130 valence electrons. The van der Waals surface area contributed by atoms with E-state index >= 15 is 0 Å². The summed E-state index contributed by atoms with van der Waals surface area (Å²) in [6.45, 7) is 1.71. The van der Waals surface area contributed by atoms with E-state index in [1.54, 1.807) is 13.0 Å². The Morgan fingerprint density at radius 2 is 1.96 bits per heavy atom. The third-order valence-electron chi connectivity index (χ3n) is 2.93. The van der Waals surface area contributed by atoms with E-state index in [-0.39, 0.29) is 17.5 Å². The van der Waals surface area contributed by atoms with Crippen LogP contribution in [0.25, 0.3) is 0 Å². The zero-order chi connectivity index (χ0) is 17.9. The Morgan fingerprint density at radius 3 is 2.54 bits per heavy atom. The summed E-state index contributed by atoms with van der Waals surface area (Å²) in [6, 6.07) is 4.57. The molecule has 2 aromatic rings. The molecule has 0 atom stereocenters. The van der Waals surface area contributed by atoms with Gasteiger partial charge in [-0.1, -0.05) is 30.1 Å². The average molecular weight is 381 g/mol. The number of nitrogens with zero attached hydrogens (tertiary/aromatic N) is 3. The van der Waals surface area contributed by atoms with Crippen LogP contribution in [0, 0.1) is 0 Å². The normalized spacial score (nSPS) is 11.5. The fourth-order valence-corrected chi connectivity index (χ4v) is 2.15. The van der Waals surface area contributed by atoms with Gasteiger partial charge in [-0.3, -0.25) is 5.21 Å². The standard InChI is InChI=1S/C14H13Cl2F3N4O/c1-2-5-23(24)12-9(14(17,18)19)7-20-13(22-12)21-8-3-4-10(15)11(16)6-8/h3-4,6-7,24H,2,5H2,1H3,(H,20,21,22). The van der Waals surface area contributed by atoms with Crippen molar-refractivity contribution in [2.75, 3.05) is 16.9 Å². The number of anilines is 3. The molecule has 0 amide bonds. The van der Waals surface area contributed by atoms with Crippen LogP contribution in [-0.4, -0.2) is 21.7 Å². The van der Waals surface area contributed by atoms with Gasteiger partial charge in [-0.2, -0.15) is 18.2 Å². The van der Waals surface area contributed by atoms with Gasteiger partial charge in [-0.15, -0.1) is 0 Å². The Hall–Kier alpha value is -1.77. The fraction of sp³-hybridized carbons (Fsp3) is 0.286. The SMILES string of the molecule is CCCN(O)c1nc(Nc2ccc(Cl)c(Cl)c2)ncc1C(F)(F)F. The van der Waals surface area contributed by atoms with Crippen LogP contribution in [0.15, 0.2) is 24.4 Å². The highest BCUT2D eigenvalue weighted by Gasteiger charge is 2.36. The summed E-state index contributed by atoms with van der Waals surface area (Å²) in [7, 11) is 0. The summed E-state index contributed by atoms with van der Waals surface area (Å²) in [5.41, 5.74) is -0.687. The van der Waals surface area contributed by atoms with Crippen molar-refractivity contribution >= 4 is 40.7 Å².